The highest BCUT2D eigenvalue weighted by Gasteiger charge is 2.08. The minimum atomic E-state index is -0.536. The maximum atomic E-state index is 13.5. The summed E-state index contributed by atoms with van der Waals surface area (Å²) in [6.45, 7) is 0. The van der Waals surface area contributed by atoms with Gasteiger partial charge in [0, 0.05) is 24.8 Å². The molecule has 5 nitrogen and oxygen atoms in total. The lowest BCUT2D eigenvalue weighted by molar-refractivity contribution is -0.116. The number of aryl methyl sites for hydroxylation is 1. The Labute approximate surface area is 138 Å². The van der Waals surface area contributed by atoms with Gasteiger partial charge in [-0.3, -0.25) is 4.79 Å². The summed E-state index contributed by atoms with van der Waals surface area (Å²) >= 11 is 0. The fourth-order valence-electron chi connectivity index (χ4n) is 2.04. The number of hydrogen-bond donors (Lipinski definition) is 3. The van der Waals surface area contributed by atoms with E-state index in [9.17, 15) is 18.4 Å². The smallest absolute Gasteiger partial charge is 0.318 e. The van der Waals surface area contributed by atoms with Crippen LogP contribution < -0.4 is 16.0 Å². The van der Waals surface area contributed by atoms with Crippen molar-refractivity contribution in [3.8, 4) is 0 Å². The minimum absolute atomic E-state index is 0.0264. The van der Waals surface area contributed by atoms with Crippen LogP contribution in [0.15, 0.2) is 42.5 Å². The lowest BCUT2D eigenvalue weighted by Gasteiger charge is -2.08. The van der Waals surface area contributed by atoms with E-state index in [1.54, 1.807) is 24.3 Å². The zero-order chi connectivity index (χ0) is 17.5. The summed E-state index contributed by atoms with van der Waals surface area (Å²) in [5.74, 6) is -1.38. The molecular formula is C17H17F2N3O2. The van der Waals surface area contributed by atoms with Crippen molar-refractivity contribution in [2.45, 2.75) is 12.8 Å². The molecule has 2 rings (SSSR count). The Morgan fingerprint density at radius 2 is 1.58 bits per heavy atom. The number of rotatable bonds is 5. The number of nitrogens with one attached hydrogen (secondary N) is 3. The summed E-state index contributed by atoms with van der Waals surface area (Å²) in [6, 6.07) is 9.35. The number of urea groups is 1. The van der Waals surface area contributed by atoms with E-state index in [4.69, 9.17) is 0 Å². The van der Waals surface area contributed by atoms with Gasteiger partial charge in [-0.2, -0.15) is 0 Å². The van der Waals surface area contributed by atoms with Crippen LogP contribution in [-0.2, 0) is 11.2 Å². The first kappa shape index (κ1) is 17.4. The Balaban J connectivity index is 1.88. The summed E-state index contributed by atoms with van der Waals surface area (Å²) in [4.78, 5) is 23.0. The number of benzene rings is 2. The first-order valence-corrected chi connectivity index (χ1v) is 7.30. The SMILES string of the molecule is CNC(=O)Nc1ccc(NC(=O)CCc2cc(F)ccc2F)cc1. The van der Waals surface area contributed by atoms with Crippen LogP contribution in [0.25, 0.3) is 0 Å². The molecule has 0 aliphatic carbocycles. The van der Waals surface area contributed by atoms with Crippen LogP contribution in [0.5, 0.6) is 0 Å². The molecule has 3 amide bonds. The van der Waals surface area contributed by atoms with Gasteiger partial charge in [-0.1, -0.05) is 0 Å². The molecule has 2 aromatic carbocycles. The Morgan fingerprint density at radius 3 is 2.21 bits per heavy atom. The van der Waals surface area contributed by atoms with Gasteiger partial charge in [0.15, 0.2) is 0 Å². The van der Waals surface area contributed by atoms with Gasteiger partial charge in [-0.05, 0) is 54.4 Å². The fraction of sp³-hybridized carbons (Fsp3) is 0.176. The van der Waals surface area contributed by atoms with Gasteiger partial charge in [0.2, 0.25) is 5.91 Å². The number of halogens is 2. The molecule has 24 heavy (non-hydrogen) atoms. The van der Waals surface area contributed by atoms with Crippen molar-refractivity contribution in [2.75, 3.05) is 17.7 Å². The molecule has 0 spiro atoms. The molecule has 0 aliphatic rings. The van der Waals surface area contributed by atoms with Crippen molar-refractivity contribution in [3.63, 3.8) is 0 Å². The molecule has 7 heteroatoms. The van der Waals surface area contributed by atoms with E-state index in [1.807, 2.05) is 0 Å². The first-order valence-electron chi connectivity index (χ1n) is 7.30. The van der Waals surface area contributed by atoms with E-state index in [0.717, 1.165) is 18.2 Å². The fourth-order valence-corrected chi connectivity index (χ4v) is 2.04. The van der Waals surface area contributed by atoms with Gasteiger partial charge < -0.3 is 16.0 Å². The van der Waals surface area contributed by atoms with E-state index < -0.39 is 11.6 Å². The molecule has 0 aliphatic heterocycles. The third-order valence-corrected chi connectivity index (χ3v) is 3.28. The Morgan fingerprint density at radius 1 is 0.958 bits per heavy atom. The Hall–Kier alpha value is -2.96. The van der Waals surface area contributed by atoms with Crippen LogP contribution in [0.1, 0.15) is 12.0 Å². The molecule has 2 aromatic rings. The highest BCUT2D eigenvalue weighted by molar-refractivity contribution is 5.92. The molecule has 3 N–H and O–H groups in total. The molecule has 0 radical (unpaired) electrons. The zero-order valence-electron chi connectivity index (χ0n) is 13.0. The van der Waals surface area contributed by atoms with Gasteiger partial charge in [0.05, 0.1) is 0 Å². The number of anilines is 2. The highest BCUT2D eigenvalue weighted by atomic mass is 19.1. The summed E-state index contributed by atoms with van der Waals surface area (Å²) in [5.41, 5.74) is 1.28. The van der Waals surface area contributed by atoms with Gasteiger partial charge in [0.25, 0.3) is 0 Å². The Kier molecular flexibility index (Phi) is 5.83. The maximum absolute atomic E-state index is 13.5. The van der Waals surface area contributed by atoms with Gasteiger partial charge in [-0.15, -0.1) is 0 Å². The van der Waals surface area contributed by atoms with E-state index in [1.165, 1.54) is 7.05 Å². The average molecular weight is 333 g/mol. The normalized spacial score (nSPS) is 10.1. The molecule has 0 heterocycles. The first-order chi connectivity index (χ1) is 11.5. The van der Waals surface area contributed by atoms with Crippen LogP contribution in [0, 0.1) is 11.6 Å². The van der Waals surface area contributed by atoms with Crippen molar-refractivity contribution in [1.82, 2.24) is 5.32 Å². The molecule has 0 atom stereocenters. The van der Waals surface area contributed by atoms with E-state index >= 15 is 0 Å². The average Bonchev–Trinajstić information content (AvgIpc) is 2.57. The van der Waals surface area contributed by atoms with Crippen LogP contribution in [-0.4, -0.2) is 19.0 Å². The molecule has 0 bridgehead atoms. The van der Waals surface area contributed by atoms with Crippen LogP contribution >= 0.6 is 0 Å². The lowest BCUT2D eigenvalue weighted by atomic mass is 10.1. The van der Waals surface area contributed by atoms with Crippen molar-refractivity contribution in [3.05, 3.63) is 59.7 Å². The van der Waals surface area contributed by atoms with Crippen LogP contribution in [0.4, 0.5) is 25.0 Å². The summed E-state index contributed by atoms with van der Waals surface area (Å²) in [5, 5.41) is 7.67. The van der Waals surface area contributed by atoms with Gasteiger partial charge >= 0.3 is 6.03 Å². The van der Waals surface area contributed by atoms with E-state index in [-0.39, 0.29) is 30.3 Å². The number of carbonyl (C=O) groups excluding carboxylic acids is 2. The van der Waals surface area contributed by atoms with Crippen molar-refractivity contribution in [1.29, 1.82) is 0 Å². The second-order valence-electron chi connectivity index (χ2n) is 5.07. The lowest BCUT2D eigenvalue weighted by Crippen LogP contribution is -2.24. The molecule has 126 valence electrons. The zero-order valence-corrected chi connectivity index (χ0v) is 13.0. The third kappa shape index (κ3) is 5.05. The van der Waals surface area contributed by atoms with Crippen LogP contribution in [0.3, 0.4) is 0 Å². The molecule has 0 saturated carbocycles. The Bertz CT molecular complexity index is 733. The minimum Gasteiger partial charge on any atom is -0.341 e. The summed E-state index contributed by atoms with van der Waals surface area (Å²) < 4.78 is 26.6. The van der Waals surface area contributed by atoms with E-state index in [2.05, 4.69) is 16.0 Å². The maximum Gasteiger partial charge on any atom is 0.318 e. The van der Waals surface area contributed by atoms with E-state index in [0.29, 0.717) is 11.4 Å². The predicted molar refractivity (Wildman–Crippen MR) is 87.8 cm³/mol. The van der Waals surface area contributed by atoms with Crippen LogP contribution in [0.2, 0.25) is 0 Å². The van der Waals surface area contributed by atoms with Gasteiger partial charge in [-0.25, -0.2) is 13.6 Å². The monoisotopic (exact) mass is 333 g/mol. The molecule has 0 aromatic heterocycles. The van der Waals surface area contributed by atoms with Crippen molar-refractivity contribution in [2.24, 2.45) is 0 Å². The molecule has 0 fully saturated rings. The number of amides is 3. The highest BCUT2D eigenvalue weighted by Crippen LogP contribution is 2.15. The summed E-state index contributed by atoms with van der Waals surface area (Å²) in [7, 11) is 1.51. The molecular weight excluding hydrogens is 316 g/mol. The third-order valence-electron chi connectivity index (χ3n) is 3.28. The van der Waals surface area contributed by atoms with Crippen molar-refractivity contribution < 1.29 is 18.4 Å². The standard InChI is InChI=1S/C17H17F2N3O2/c1-20-17(24)22-14-6-4-13(5-7-14)21-16(23)9-2-11-10-12(18)3-8-15(11)19/h3-8,10H,2,9H2,1H3,(H,21,23)(H2,20,22,24). The molecule has 0 unspecified atom stereocenters. The number of carbonyl (C=O) groups is 2. The molecule has 0 saturated heterocycles. The largest absolute Gasteiger partial charge is 0.341 e. The van der Waals surface area contributed by atoms with Gasteiger partial charge in [0.1, 0.15) is 11.6 Å². The second-order valence-corrected chi connectivity index (χ2v) is 5.07. The summed E-state index contributed by atoms with van der Waals surface area (Å²) in [6.07, 6.45) is 0.129. The number of hydrogen-bond acceptors (Lipinski definition) is 2. The second kappa shape index (κ2) is 8.05. The quantitative estimate of drug-likeness (QED) is 0.786. The van der Waals surface area contributed by atoms with Crippen molar-refractivity contribution >= 4 is 23.3 Å². The predicted octanol–water partition coefficient (Wildman–Crippen LogP) is 3.29. The topological polar surface area (TPSA) is 70.2 Å².